The molecule has 1 fully saturated rings. The van der Waals surface area contributed by atoms with Gasteiger partial charge >= 0.3 is 0 Å². The molecule has 1 aliphatic heterocycles. The van der Waals surface area contributed by atoms with E-state index >= 15 is 0 Å². The van der Waals surface area contributed by atoms with Gasteiger partial charge in [-0.05, 0) is 25.2 Å². The largest absolute Gasteiger partial charge is 0.379 e. The highest BCUT2D eigenvalue weighted by atomic mass is 16.5. The first kappa shape index (κ1) is 20.2. The van der Waals surface area contributed by atoms with Crippen molar-refractivity contribution in [3.63, 3.8) is 0 Å². The van der Waals surface area contributed by atoms with Crippen molar-refractivity contribution in [2.45, 2.75) is 66.0 Å². The molecule has 2 atom stereocenters. The fourth-order valence-electron chi connectivity index (χ4n) is 3.05. The van der Waals surface area contributed by atoms with Crippen molar-refractivity contribution in [2.24, 2.45) is 22.6 Å². The summed E-state index contributed by atoms with van der Waals surface area (Å²) >= 11 is 0. The fourth-order valence-corrected chi connectivity index (χ4v) is 3.05. The summed E-state index contributed by atoms with van der Waals surface area (Å²) in [6.07, 6.45) is 3.66. The first-order valence-electron chi connectivity index (χ1n) is 9.28. The minimum absolute atomic E-state index is 0.387. The van der Waals surface area contributed by atoms with E-state index in [-0.39, 0.29) is 0 Å². The van der Waals surface area contributed by atoms with Crippen LogP contribution in [-0.4, -0.2) is 55.8 Å². The molecular formula is C18H38N4O. The lowest BCUT2D eigenvalue weighted by molar-refractivity contribution is 0.00868. The highest BCUT2D eigenvalue weighted by Gasteiger charge is 2.23. The van der Waals surface area contributed by atoms with Gasteiger partial charge in [0.25, 0.3) is 0 Å². The second kappa shape index (κ2) is 10.9. The van der Waals surface area contributed by atoms with Crippen molar-refractivity contribution >= 4 is 5.96 Å². The van der Waals surface area contributed by atoms with Crippen LogP contribution in [0.5, 0.6) is 0 Å². The molecule has 0 spiro atoms. The van der Waals surface area contributed by atoms with Crippen LogP contribution in [0.3, 0.4) is 0 Å². The average Bonchev–Trinajstić information content (AvgIpc) is 2.47. The molecule has 5 heteroatoms. The third-order valence-corrected chi connectivity index (χ3v) is 4.55. The van der Waals surface area contributed by atoms with Gasteiger partial charge in [0.05, 0.1) is 19.8 Å². The standard InChI is InChI=1S/C18H38N4O/c1-14(2)7-6-8-16(5)21-18(19)20-13-17(15(3)4)22-9-11-23-12-10-22/h14-17H,6-13H2,1-5H3,(H3,19,20,21). The smallest absolute Gasteiger partial charge is 0.188 e. The van der Waals surface area contributed by atoms with Crippen LogP contribution in [0.15, 0.2) is 4.99 Å². The highest BCUT2D eigenvalue weighted by molar-refractivity contribution is 5.78. The minimum Gasteiger partial charge on any atom is -0.379 e. The molecule has 23 heavy (non-hydrogen) atoms. The Bertz CT molecular complexity index is 338. The molecule has 1 saturated heterocycles. The van der Waals surface area contributed by atoms with E-state index in [0.29, 0.717) is 24.0 Å². The Kier molecular flexibility index (Phi) is 9.56. The Labute approximate surface area is 143 Å². The zero-order valence-electron chi connectivity index (χ0n) is 15.8. The lowest BCUT2D eigenvalue weighted by Gasteiger charge is -2.36. The zero-order chi connectivity index (χ0) is 17.2. The van der Waals surface area contributed by atoms with E-state index in [2.05, 4.69) is 49.8 Å². The van der Waals surface area contributed by atoms with E-state index in [9.17, 15) is 0 Å². The van der Waals surface area contributed by atoms with Gasteiger partial charge in [-0.1, -0.05) is 40.5 Å². The van der Waals surface area contributed by atoms with Crippen molar-refractivity contribution in [2.75, 3.05) is 32.8 Å². The summed E-state index contributed by atoms with van der Waals surface area (Å²) in [5.74, 6) is 1.92. The lowest BCUT2D eigenvalue weighted by Crippen LogP contribution is -2.48. The molecule has 0 radical (unpaired) electrons. The topological polar surface area (TPSA) is 62.9 Å². The quantitative estimate of drug-likeness (QED) is 0.505. The van der Waals surface area contributed by atoms with Gasteiger partial charge in [0.2, 0.25) is 0 Å². The van der Waals surface area contributed by atoms with Gasteiger partial charge in [-0.3, -0.25) is 9.89 Å². The third-order valence-electron chi connectivity index (χ3n) is 4.55. The molecule has 1 rings (SSSR count). The van der Waals surface area contributed by atoms with E-state index in [0.717, 1.165) is 45.2 Å². The molecule has 3 N–H and O–H groups in total. The third kappa shape index (κ3) is 8.56. The maximum absolute atomic E-state index is 6.08. The number of nitrogens with one attached hydrogen (secondary N) is 1. The predicted molar refractivity (Wildman–Crippen MR) is 98.8 cm³/mol. The van der Waals surface area contributed by atoms with Gasteiger partial charge in [0, 0.05) is 25.2 Å². The van der Waals surface area contributed by atoms with Crippen molar-refractivity contribution < 1.29 is 4.74 Å². The summed E-state index contributed by atoms with van der Waals surface area (Å²) in [4.78, 5) is 7.09. The van der Waals surface area contributed by atoms with Gasteiger partial charge in [-0.15, -0.1) is 0 Å². The number of hydrogen-bond donors (Lipinski definition) is 2. The summed E-state index contributed by atoms with van der Waals surface area (Å²) in [6, 6.07) is 0.828. The monoisotopic (exact) mass is 326 g/mol. The van der Waals surface area contributed by atoms with Gasteiger partial charge in [0.15, 0.2) is 5.96 Å². The molecule has 0 aromatic rings. The van der Waals surface area contributed by atoms with Crippen molar-refractivity contribution in [3.05, 3.63) is 0 Å². The molecule has 0 aliphatic carbocycles. The van der Waals surface area contributed by atoms with Crippen LogP contribution < -0.4 is 11.1 Å². The molecule has 1 aliphatic rings. The van der Waals surface area contributed by atoms with E-state index < -0.39 is 0 Å². The van der Waals surface area contributed by atoms with E-state index in [1.165, 1.54) is 12.8 Å². The lowest BCUT2D eigenvalue weighted by atomic mass is 10.0. The first-order chi connectivity index (χ1) is 10.9. The number of guanidine groups is 1. The molecular weight excluding hydrogens is 288 g/mol. The van der Waals surface area contributed by atoms with Crippen LogP contribution in [0.2, 0.25) is 0 Å². The number of nitrogens with zero attached hydrogens (tertiary/aromatic N) is 2. The van der Waals surface area contributed by atoms with Gasteiger partial charge in [-0.2, -0.15) is 0 Å². The summed E-state index contributed by atoms with van der Waals surface area (Å²) < 4.78 is 5.45. The summed E-state index contributed by atoms with van der Waals surface area (Å²) in [5, 5.41) is 3.34. The Morgan fingerprint density at radius 2 is 1.78 bits per heavy atom. The van der Waals surface area contributed by atoms with Crippen LogP contribution in [0.1, 0.15) is 53.9 Å². The molecule has 0 aromatic carbocycles. The average molecular weight is 327 g/mol. The van der Waals surface area contributed by atoms with Crippen molar-refractivity contribution in [1.29, 1.82) is 0 Å². The number of ether oxygens (including phenoxy) is 1. The van der Waals surface area contributed by atoms with Crippen LogP contribution in [-0.2, 0) is 4.74 Å². The second-order valence-corrected chi connectivity index (χ2v) is 7.56. The highest BCUT2D eigenvalue weighted by Crippen LogP contribution is 2.13. The SMILES string of the molecule is CC(C)CCCC(C)NC(N)=NCC(C(C)C)N1CCOCC1. The van der Waals surface area contributed by atoms with Gasteiger partial charge in [0.1, 0.15) is 0 Å². The summed E-state index contributed by atoms with van der Waals surface area (Å²) in [5.41, 5.74) is 6.08. The Balaban J connectivity index is 2.39. The molecule has 0 aromatic heterocycles. The predicted octanol–water partition coefficient (Wildman–Crippen LogP) is 2.46. The molecule has 2 unspecified atom stereocenters. The Morgan fingerprint density at radius 3 is 2.35 bits per heavy atom. The van der Waals surface area contributed by atoms with Crippen LogP contribution in [0, 0.1) is 11.8 Å². The maximum atomic E-state index is 6.08. The van der Waals surface area contributed by atoms with Gasteiger partial charge < -0.3 is 15.8 Å². The fraction of sp³-hybridized carbons (Fsp3) is 0.944. The molecule has 1 heterocycles. The summed E-state index contributed by atoms with van der Waals surface area (Å²) in [6.45, 7) is 15.6. The summed E-state index contributed by atoms with van der Waals surface area (Å²) in [7, 11) is 0. The molecule has 0 bridgehead atoms. The Hall–Kier alpha value is -0.810. The normalized spacial score (nSPS) is 20.0. The Morgan fingerprint density at radius 1 is 1.13 bits per heavy atom. The second-order valence-electron chi connectivity index (χ2n) is 7.56. The number of aliphatic imine (C=N–C) groups is 1. The number of hydrogen-bond acceptors (Lipinski definition) is 3. The van der Waals surface area contributed by atoms with Crippen LogP contribution in [0.4, 0.5) is 0 Å². The maximum Gasteiger partial charge on any atom is 0.188 e. The van der Waals surface area contributed by atoms with E-state index in [1.807, 2.05) is 0 Å². The number of nitrogens with two attached hydrogens (primary N) is 1. The zero-order valence-corrected chi connectivity index (χ0v) is 15.8. The first-order valence-corrected chi connectivity index (χ1v) is 9.28. The molecule has 136 valence electrons. The van der Waals surface area contributed by atoms with Crippen molar-refractivity contribution in [3.8, 4) is 0 Å². The van der Waals surface area contributed by atoms with Crippen LogP contribution in [0.25, 0.3) is 0 Å². The van der Waals surface area contributed by atoms with E-state index in [1.54, 1.807) is 0 Å². The van der Waals surface area contributed by atoms with Crippen molar-refractivity contribution in [1.82, 2.24) is 10.2 Å². The molecule has 0 amide bonds. The van der Waals surface area contributed by atoms with Gasteiger partial charge in [-0.25, -0.2) is 0 Å². The molecule has 5 nitrogen and oxygen atoms in total. The number of rotatable bonds is 9. The molecule has 0 saturated carbocycles. The van der Waals surface area contributed by atoms with Crippen LogP contribution >= 0.6 is 0 Å². The number of morpholine rings is 1. The minimum atomic E-state index is 0.387. The van der Waals surface area contributed by atoms with E-state index in [4.69, 9.17) is 10.5 Å².